The van der Waals surface area contributed by atoms with Gasteiger partial charge in [-0.05, 0) is 79.0 Å². The SMILES string of the molecule is C=C(Oc1cccc(C)c1)c1ccccc1CC(CCc1ccc(C(=O)O)cc1)C(C)CC. The minimum atomic E-state index is -0.885. The maximum absolute atomic E-state index is 11.1. The molecule has 3 nitrogen and oxygen atoms in total. The molecule has 0 saturated carbocycles. The molecule has 0 spiro atoms. The molecular weight excluding hydrogens is 408 g/mol. The van der Waals surface area contributed by atoms with E-state index >= 15 is 0 Å². The Morgan fingerprint density at radius 3 is 2.42 bits per heavy atom. The largest absolute Gasteiger partial charge is 0.478 e. The second-order valence-electron chi connectivity index (χ2n) is 8.89. The van der Waals surface area contributed by atoms with Crippen LogP contribution >= 0.6 is 0 Å². The molecule has 172 valence electrons. The monoisotopic (exact) mass is 442 g/mol. The van der Waals surface area contributed by atoms with Crippen molar-refractivity contribution in [3.8, 4) is 5.75 Å². The van der Waals surface area contributed by atoms with E-state index in [1.54, 1.807) is 12.1 Å². The normalized spacial score (nSPS) is 12.7. The second kappa shape index (κ2) is 11.5. The third-order valence-electron chi connectivity index (χ3n) is 6.48. The summed E-state index contributed by atoms with van der Waals surface area (Å²) in [6.07, 6.45) is 4.04. The highest BCUT2D eigenvalue weighted by Crippen LogP contribution is 2.30. The van der Waals surface area contributed by atoms with Gasteiger partial charge in [-0.15, -0.1) is 0 Å². The quantitative estimate of drug-likeness (QED) is 0.311. The van der Waals surface area contributed by atoms with Crippen LogP contribution in [0.3, 0.4) is 0 Å². The summed E-state index contributed by atoms with van der Waals surface area (Å²) in [5.41, 5.74) is 4.97. The van der Waals surface area contributed by atoms with Crippen molar-refractivity contribution >= 4 is 11.7 Å². The van der Waals surface area contributed by atoms with E-state index in [9.17, 15) is 4.79 Å². The average molecular weight is 443 g/mol. The summed E-state index contributed by atoms with van der Waals surface area (Å²) in [5.74, 6) is 1.66. The standard InChI is InChI=1S/C30H34O3/c1-5-22(3)26(18-15-24-13-16-25(17-14-24)30(31)32)20-27-10-6-7-12-29(27)23(4)33-28-11-8-9-21(2)19-28/h6-14,16-17,19,22,26H,4-5,15,18,20H2,1-3H3,(H,31,32). The summed E-state index contributed by atoms with van der Waals surface area (Å²) in [5, 5.41) is 9.12. The van der Waals surface area contributed by atoms with Crippen LogP contribution in [-0.4, -0.2) is 11.1 Å². The van der Waals surface area contributed by atoms with E-state index in [0.29, 0.717) is 23.2 Å². The van der Waals surface area contributed by atoms with E-state index in [1.807, 2.05) is 36.4 Å². The Bertz CT molecular complexity index is 1080. The number of benzene rings is 3. The Morgan fingerprint density at radius 2 is 1.76 bits per heavy atom. The predicted molar refractivity (Wildman–Crippen MR) is 136 cm³/mol. The number of ether oxygens (including phenoxy) is 1. The molecule has 33 heavy (non-hydrogen) atoms. The van der Waals surface area contributed by atoms with Gasteiger partial charge in [-0.1, -0.05) is 75.4 Å². The number of rotatable bonds is 11. The number of hydrogen-bond donors (Lipinski definition) is 1. The zero-order valence-electron chi connectivity index (χ0n) is 19.9. The summed E-state index contributed by atoms with van der Waals surface area (Å²) in [4.78, 5) is 11.1. The van der Waals surface area contributed by atoms with Crippen LogP contribution in [0.5, 0.6) is 5.75 Å². The molecule has 0 radical (unpaired) electrons. The van der Waals surface area contributed by atoms with Crippen molar-refractivity contribution in [2.24, 2.45) is 11.8 Å². The van der Waals surface area contributed by atoms with Gasteiger partial charge in [0.2, 0.25) is 0 Å². The van der Waals surface area contributed by atoms with E-state index < -0.39 is 5.97 Å². The van der Waals surface area contributed by atoms with Crippen molar-refractivity contribution in [1.29, 1.82) is 0 Å². The molecule has 0 fully saturated rings. The molecule has 3 aromatic rings. The lowest BCUT2D eigenvalue weighted by Crippen LogP contribution is -2.16. The van der Waals surface area contributed by atoms with Crippen LogP contribution in [0.2, 0.25) is 0 Å². The fourth-order valence-electron chi connectivity index (χ4n) is 4.22. The zero-order chi connectivity index (χ0) is 23.8. The highest BCUT2D eigenvalue weighted by Gasteiger charge is 2.19. The number of carboxylic acids is 1. The van der Waals surface area contributed by atoms with Crippen molar-refractivity contribution in [2.75, 3.05) is 0 Å². The zero-order valence-corrected chi connectivity index (χ0v) is 19.9. The van der Waals surface area contributed by atoms with Crippen molar-refractivity contribution in [2.45, 2.75) is 46.5 Å². The fourth-order valence-corrected chi connectivity index (χ4v) is 4.22. The third-order valence-corrected chi connectivity index (χ3v) is 6.48. The number of aromatic carboxylic acids is 1. The number of carbonyl (C=O) groups is 1. The van der Waals surface area contributed by atoms with Gasteiger partial charge in [-0.2, -0.15) is 0 Å². The second-order valence-corrected chi connectivity index (χ2v) is 8.89. The Morgan fingerprint density at radius 1 is 1.03 bits per heavy atom. The molecule has 1 N–H and O–H groups in total. The highest BCUT2D eigenvalue weighted by atomic mass is 16.5. The lowest BCUT2D eigenvalue weighted by Gasteiger charge is -2.25. The molecule has 2 unspecified atom stereocenters. The number of hydrogen-bond acceptors (Lipinski definition) is 2. The molecule has 0 heterocycles. The maximum Gasteiger partial charge on any atom is 0.335 e. The first-order valence-corrected chi connectivity index (χ1v) is 11.7. The molecule has 3 aromatic carbocycles. The summed E-state index contributed by atoms with van der Waals surface area (Å²) in [6, 6.07) is 23.7. The topological polar surface area (TPSA) is 46.5 Å². The molecule has 0 saturated heterocycles. The van der Waals surface area contributed by atoms with Gasteiger partial charge in [0, 0.05) is 5.56 Å². The Kier molecular flexibility index (Phi) is 8.48. The van der Waals surface area contributed by atoms with Crippen LogP contribution in [0.4, 0.5) is 0 Å². The molecule has 0 aliphatic heterocycles. The van der Waals surface area contributed by atoms with Crippen molar-refractivity contribution in [1.82, 2.24) is 0 Å². The Labute approximate surface area is 197 Å². The van der Waals surface area contributed by atoms with E-state index in [2.05, 4.69) is 51.6 Å². The fraction of sp³-hybridized carbons (Fsp3) is 0.300. The van der Waals surface area contributed by atoms with E-state index in [1.165, 1.54) is 11.1 Å². The first kappa shape index (κ1) is 24.3. The van der Waals surface area contributed by atoms with Crippen LogP contribution in [0, 0.1) is 18.8 Å². The van der Waals surface area contributed by atoms with Gasteiger partial charge in [-0.25, -0.2) is 4.79 Å². The average Bonchev–Trinajstić information content (AvgIpc) is 2.81. The first-order valence-electron chi connectivity index (χ1n) is 11.7. The molecule has 0 bridgehead atoms. The van der Waals surface area contributed by atoms with E-state index in [0.717, 1.165) is 42.6 Å². The molecule has 3 heteroatoms. The molecule has 0 aliphatic carbocycles. The van der Waals surface area contributed by atoms with Gasteiger partial charge in [-0.3, -0.25) is 0 Å². The van der Waals surface area contributed by atoms with Gasteiger partial charge in [0.1, 0.15) is 11.5 Å². The lowest BCUT2D eigenvalue weighted by atomic mass is 9.81. The van der Waals surface area contributed by atoms with Gasteiger partial charge in [0.15, 0.2) is 0 Å². The smallest absolute Gasteiger partial charge is 0.335 e. The van der Waals surface area contributed by atoms with Gasteiger partial charge < -0.3 is 9.84 Å². The molecule has 2 atom stereocenters. The predicted octanol–water partition coefficient (Wildman–Crippen LogP) is 7.58. The molecule has 3 rings (SSSR count). The summed E-state index contributed by atoms with van der Waals surface area (Å²) in [7, 11) is 0. The summed E-state index contributed by atoms with van der Waals surface area (Å²) < 4.78 is 6.11. The highest BCUT2D eigenvalue weighted by molar-refractivity contribution is 5.87. The summed E-state index contributed by atoms with van der Waals surface area (Å²) >= 11 is 0. The van der Waals surface area contributed by atoms with E-state index in [-0.39, 0.29) is 0 Å². The van der Waals surface area contributed by atoms with Crippen LogP contribution in [0.1, 0.15) is 59.3 Å². The van der Waals surface area contributed by atoms with Crippen LogP contribution < -0.4 is 4.74 Å². The first-order chi connectivity index (χ1) is 15.9. The minimum absolute atomic E-state index is 0.332. The van der Waals surface area contributed by atoms with Crippen molar-refractivity contribution < 1.29 is 14.6 Å². The van der Waals surface area contributed by atoms with E-state index in [4.69, 9.17) is 9.84 Å². The number of carboxylic acid groups (broad SMARTS) is 1. The van der Waals surface area contributed by atoms with Crippen LogP contribution in [-0.2, 0) is 12.8 Å². The van der Waals surface area contributed by atoms with Crippen LogP contribution in [0.25, 0.3) is 5.76 Å². The summed E-state index contributed by atoms with van der Waals surface area (Å²) in [6.45, 7) is 10.8. The van der Waals surface area contributed by atoms with Gasteiger partial charge in [0.05, 0.1) is 5.56 Å². The Balaban J connectivity index is 1.73. The lowest BCUT2D eigenvalue weighted by molar-refractivity contribution is 0.0697. The molecule has 0 aromatic heterocycles. The minimum Gasteiger partial charge on any atom is -0.478 e. The number of aryl methyl sites for hydroxylation is 2. The molecule has 0 aliphatic rings. The Hall–Kier alpha value is -3.33. The van der Waals surface area contributed by atoms with Crippen LogP contribution in [0.15, 0.2) is 79.4 Å². The molecular formula is C30H34O3. The van der Waals surface area contributed by atoms with Gasteiger partial charge >= 0.3 is 5.97 Å². The van der Waals surface area contributed by atoms with Crippen molar-refractivity contribution in [3.05, 3.63) is 107 Å². The molecule has 0 amide bonds. The third kappa shape index (κ3) is 6.82. The maximum atomic E-state index is 11.1. The van der Waals surface area contributed by atoms with Crippen molar-refractivity contribution in [3.63, 3.8) is 0 Å². The van der Waals surface area contributed by atoms with Gasteiger partial charge in [0.25, 0.3) is 0 Å².